The Bertz CT molecular complexity index is 8680. The maximum atomic E-state index is 6.49. The van der Waals surface area contributed by atoms with E-state index in [0.717, 1.165) is 160 Å². The molecule has 0 aliphatic heterocycles. The zero-order valence-electron chi connectivity index (χ0n) is 63.3. The number of rotatable bonds is 8. The molecule has 0 fully saturated rings. The first-order chi connectivity index (χ1) is 58.5. The van der Waals surface area contributed by atoms with Crippen LogP contribution < -0.4 is 0 Å². The third-order valence-electron chi connectivity index (χ3n) is 24.2. The van der Waals surface area contributed by atoms with E-state index in [1.54, 1.807) is 0 Å². The molecule has 26 rings (SSSR count). The summed E-state index contributed by atoms with van der Waals surface area (Å²) >= 11 is 0. The highest BCUT2D eigenvalue weighted by Crippen LogP contribution is 2.50. The summed E-state index contributed by atoms with van der Waals surface area (Å²) in [4.78, 5) is 21.0. The summed E-state index contributed by atoms with van der Waals surface area (Å²) in [6.45, 7) is 0. The van der Waals surface area contributed by atoms with Crippen molar-refractivity contribution in [3.63, 3.8) is 0 Å². The van der Waals surface area contributed by atoms with Gasteiger partial charge in [-0.3, -0.25) is 4.57 Å². The molecule has 0 N–H and O–H groups in total. The Morgan fingerprint density at radius 2 is 0.585 bits per heavy atom. The first kappa shape index (κ1) is 65.5. The molecule has 0 atom stereocenters. The molecule has 10 heteroatoms. The summed E-state index contributed by atoms with van der Waals surface area (Å²) in [6.07, 6.45) is 0. The summed E-state index contributed by atoms with van der Waals surface area (Å²) in [5.41, 5.74) is 24.8. The zero-order valence-corrected chi connectivity index (χ0v) is 63.3. The minimum absolute atomic E-state index is 0.632. The molecular weight excluding hydrogens is 1440 g/mol. The molecular formula is C108H64N8O2. The van der Waals surface area contributed by atoms with E-state index in [2.05, 4.69) is 382 Å². The van der Waals surface area contributed by atoms with Crippen molar-refractivity contribution in [2.24, 2.45) is 0 Å². The second-order valence-electron chi connectivity index (χ2n) is 30.7. The van der Waals surface area contributed by atoms with Crippen LogP contribution >= 0.6 is 0 Å². The summed E-state index contributed by atoms with van der Waals surface area (Å²) in [5, 5.41) is 20.8. The number of benzene rings is 18. The first-order valence-corrected chi connectivity index (χ1v) is 40.0. The fourth-order valence-corrected chi connectivity index (χ4v) is 19.0. The lowest BCUT2D eigenvalue weighted by Gasteiger charge is -2.12. The van der Waals surface area contributed by atoms with E-state index in [-0.39, 0.29) is 0 Å². The molecule has 0 bridgehead atoms. The monoisotopic (exact) mass is 1500 g/mol. The number of nitrogens with zero attached hydrogens (tertiary/aromatic N) is 8. The van der Waals surface area contributed by atoms with Crippen molar-refractivity contribution < 1.29 is 8.83 Å². The van der Waals surface area contributed by atoms with Crippen LogP contribution in [0.5, 0.6) is 0 Å². The van der Waals surface area contributed by atoms with Gasteiger partial charge < -0.3 is 22.5 Å². The van der Waals surface area contributed by atoms with E-state index >= 15 is 0 Å². The van der Waals surface area contributed by atoms with Gasteiger partial charge in [-0.25, -0.2) is 19.9 Å². The Morgan fingerprint density at radius 1 is 0.195 bits per heavy atom. The molecule has 118 heavy (non-hydrogen) atoms. The molecule has 8 heterocycles. The SMILES string of the molecule is c1ccc(-c2ccc(-c3nc(-n4c5ccccc5c5c4ccc4c6c7c(ccc6n(-c6ccc8ccccc8c6)c45)oc4ccccc47)nc4ccccc34)cc2)cc1.c1ccc(-c2nc(-c3ccc(-n4c5ccc6oc7ccccc7c6c5c5ccc6c(c7ccccc7n6-c6ccc7ccccc7c6)c54)cc3)nc3ccccc23)cc1. The van der Waals surface area contributed by atoms with Gasteiger partial charge in [0.2, 0.25) is 5.95 Å². The zero-order chi connectivity index (χ0) is 77.2. The fourth-order valence-electron chi connectivity index (χ4n) is 19.0. The van der Waals surface area contributed by atoms with Crippen molar-refractivity contribution >= 4 is 174 Å². The average molecular weight is 1510 g/mol. The number of furan rings is 2. The second-order valence-corrected chi connectivity index (χ2v) is 30.7. The largest absolute Gasteiger partial charge is 0.456 e. The predicted octanol–water partition coefficient (Wildman–Crippen LogP) is 28.4. The van der Waals surface area contributed by atoms with Gasteiger partial charge in [-0.15, -0.1) is 0 Å². The van der Waals surface area contributed by atoms with Crippen LogP contribution in [0, 0.1) is 0 Å². The van der Waals surface area contributed by atoms with E-state index in [1.165, 1.54) is 70.5 Å². The van der Waals surface area contributed by atoms with Crippen molar-refractivity contribution in [3.05, 3.63) is 388 Å². The molecule has 0 amide bonds. The molecule has 10 nitrogen and oxygen atoms in total. The molecule has 0 aliphatic carbocycles. The first-order valence-electron chi connectivity index (χ1n) is 40.0. The van der Waals surface area contributed by atoms with Crippen molar-refractivity contribution in [2.75, 3.05) is 0 Å². The Balaban J connectivity index is 0.000000131. The van der Waals surface area contributed by atoms with Crippen molar-refractivity contribution in [1.29, 1.82) is 0 Å². The van der Waals surface area contributed by atoms with Gasteiger partial charge >= 0.3 is 0 Å². The van der Waals surface area contributed by atoms with Crippen molar-refractivity contribution in [1.82, 2.24) is 38.2 Å². The molecule has 0 unspecified atom stereocenters. The molecule has 0 aliphatic rings. The highest BCUT2D eigenvalue weighted by Gasteiger charge is 2.28. The van der Waals surface area contributed by atoms with Crippen molar-refractivity contribution in [3.8, 4) is 68.0 Å². The number of hydrogen-bond acceptors (Lipinski definition) is 6. The Kier molecular flexibility index (Phi) is 14.3. The van der Waals surface area contributed by atoms with Gasteiger partial charge in [0.15, 0.2) is 5.82 Å². The summed E-state index contributed by atoms with van der Waals surface area (Å²) < 4.78 is 22.6. The minimum atomic E-state index is 0.632. The Morgan fingerprint density at radius 3 is 1.16 bits per heavy atom. The Labute approximate surface area is 673 Å². The van der Waals surface area contributed by atoms with Crippen LogP contribution in [0.1, 0.15) is 0 Å². The standard InChI is InChI=1S/2C54H32N4O/c1-2-13-34(14-3-1)52-39-16-6-9-19-43(39)55-54(56-52)35-23-25-37(26-24-35)58-45-30-31-48-51(41-18-8-11-21-47(41)59-48)49(45)42-28-29-46-50(53(42)58)40-17-7-10-20-44(40)57(46)38-27-22-33-12-4-5-15-36(33)32-38;1-2-12-33(13-3-1)35-22-24-36(25-23-35)52-39-16-6-9-19-43(39)55-54(56-52)58-44-20-10-7-17-40(44)50-46(58)29-28-42-49-45(30-31-48-51(49)41-18-8-11-21-47(41)59-48)57(53(42)50)38-27-26-34-14-4-5-15-37(34)32-38/h2*1-32H. The topological polar surface area (TPSA) is 97.6 Å². The van der Waals surface area contributed by atoms with E-state index in [4.69, 9.17) is 28.8 Å². The Hall–Kier alpha value is -16.0. The molecule has 548 valence electrons. The number of fused-ring (bicyclic) bond motifs is 26. The van der Waals surface area contributed by atoms with Gasteiger partial charge in [-0.05, 0) is 154 Å². The van der Waals surface area contributed by atoms with Gasteiger partial charge in [0.25, 0.3) is 0 Å². The normalized spacial score (nSPS) is 12.1. The van der Waals surface area contributed by atoms with E-state index in [1.807, 2.05) is 24.3 Å². The lowest BCUT2D eigenvalue weighted by Crippen LogP contribution is -2.03. The van der Waals surface area contributed by atoms with Gasteiger partial charge in [-0.1, -0.05) is 267 Å². The molecule has 18 aromatic carbocycles. The third kappa shape index (κ3) is 9.93. The molecule has 0 saturated carbocycles. The average Bonchev–Trinajstić information content (AvgIpc) is 1.53. The number of hydrogen-bond donors (Lipinski definition) is 0. The maximum Gasteiger partial charge on any atom is 0.235 e. The van der Waals surface area contributed by atoms with Crippen molar-refractivity contribution in [2.45, 2.75) is 0 Å². The quantitative estimate of drug-likeness (QED) is 0.150. The summed E-state index contributed by atoms with van der Waals surface area (Å²) in [7, 11) is 0. The van der Waals surface area contributed by atoms with Crippen LogP contribution in [-0.4, -0.2) is 38.2 Å². The van der Waals surface area contributed by atoms with Crippen LogP contribution in [0.4, 0.5) is 0 Å². The predicted molar refractivity (Wildman–Crippen MR) is 488 cm³/mol. The number of para-hydroxylation sites is 6. The summed E-state index contributed by atoms with van der Waals surface area (Å²) in [5.74, 6) is 1.33. The smallest absolute Gasteiger partial charge is 0.235 e. The van der Waals surface area contributed by atoms with Gasteiger partial charge in [0.1, 0.15) is 22.3 Å². The molecule has 0 radical (unpaired) electrons. The third-order valence-corrected chi connectivity index (χ3v) is 24.2. The van der Waals surface area contributed by atoms with E-state index < -0.39 is 0 Å². The molecule has 0 spiro atoms. The lowest BCUT2D eigenvalue weighted by atomic mass is 10.0. The highest BCUT2D eigenvalue weighted by atomic mass is 16.3. The minimum Gasteiger partial charge on any atom is -0.456 e. The van der Waals surface area contributed by atoms with Crippen LogP contribution in [0.25, 0.3) is 242 Å². The molecule has 8 aromatic heterocycles. The van der Waals surface area contributed by atoms with Crippen LogP contribution in [-0.2, 0) is 0 Å². The fraction of sp³-hybridized carbons (Fsp3) is 0. The van der Waals surface area contributed by atoms with Crippen LogP contribution in [0.15, 0.2) is 397 Å². The van der Waals surface area contributed by atoms with Gasteiger partial charge in [-0.2, -0.15) is 0 Å². The van der Waals surface area contributed by atoms with Crippen LogP contribution in [0.3, 0.4) is 0 Å². The molecule has 26 aromatic rings. The second kappa shape index (κ2) is 25.7. The van der Waals surface area contributed by atoms with Gasteiger partial charge in [0.05, 0.1) is 66.6 Å². The number of aromatic nitrogens is 8. The van der Waals surface area contributed by atoms with E-state index in [0.29, 0.717) is 11.8 Å². The van der Waals surface area contributed by atoms with Crippen LogP contribution in [0.2, 0.25) is 0 Å². The molecule has 0 saturated heterocycles. The highest BCUT2D eigenvalue weighted by molar-refractivity contribution is 6.35. The lowest BCUT2D eigenvalue weighted by molar-refractivity contribution is 0.669. The summed E-state index contributed by atoms with van der Waals surface area (Å²) in [6, 6.07) is 138. The van der Waals surface area contributed by atoms with Gasteiger partial charge in [0, 0.05) is 109 Å². The maximum absolute atomic E-state index is 6.49. The van der Waals surface area contributed by atoms with E-state index in [9.17, 15) is 0 Å².